The van der Waals surface area contributed by atoms with Gasteiger partial charge in [-0.3, -0.25) is 4.90 Å². The number of rotatable bonds is 5. The van der Waals surface area contributed by atoms with Gasteiger partial charge < -0.3 is 10.2 Å². The van der Waals surface area contributed by atoms with Crippen molar-refractivity contribution < 1.29 is 0 Å². The van der Waals surface area contributed by atoms with Crippen LogP contribution in [0.5, 0.6) is 0 Å². The molecule has 1 aliphatic heterocycles. The topological polar surface area (TPSA) is 18.5 Å². The average Bonchev–Trinajstić information content (AvgIpc) is 3.15. The van der Waals surface area contributed by atoms with Crippen LogP contribution < -0.4 is 5.32 Å². The highest BCUT2D eigenvalue weighted by atomic mass is 15.3. The summed E-state index contributed by atoms with van der Waals surface area (Å²) in [5.41, 5.74) is 0. The number of piperazine rings is 1. The molecule has 0 spiro atoms. The van der Waals surface area contributed by atoms with Crippen LogP contribution in [-0.4, -0.2) is 61.2 Å². The minimum atomic E-state index is 0.802. The molecule has 2 aliphatic carbocycles. The molecule has 3 heteroatoms. The first-order valence-electron chi connectivity index (χ1n) is 8.06. The highest BCUT2D eigenvalue weighted by molar-refractivity contribution is 4.90. The predicted molar refractivity (Wildman–Crippen MR) is 75.8 cm³/mol. The van der Waals surface area contributed by atoms with Gasteiger partial charge in [-0.1, -0.05) is 13.3 Å². The molecule has 2 atom stereocenters. The second-order valence-electron chi connectivity index (χ2n) is 6.42. The number of hydrogen-bond acceptors (Lipinski definition) is 3. The Morgan fingerprint density at radius 3 is 2.44 bits per heavy atom. The Morgan fingerprint density at radius 2 is 1.78 bits per heavy atom. The van der Waals surface area contributed by atoms with E-state index in [1.165, 1.54) is 64.8 Å². The zero-order valence-electron chi connectivity index (χ0n) is 11.9. The van der Waals surface area contributed by atoms with Crippen molar-refractivity contribution in [2.45, 2.75) is 51.1 Å². The van der Waals surface area contributed by atoms with Crippen molar-refractivity contribution in [1.82, 2.24) is 15.1 Å². The Balaban J connectivity index is 1.42. The summed E-state index contributed by atoms with van der Waals surface area (Å²) in [6.07, 6.45) is 7.21. The van der Waals surface area contributed by atoms with Crippen LogP contribution in [0, 0.1) is 5.92 Å². The number of nitrogens with zero attached hydrogens (tertiary/aromatic N) is 2. The van der Waals surface area contributed by atoms with E-state index >= 15 is 0 Å². The van der Waals surface area contributed by atoms with Gasteiger partial charge in [0.1, 0.15) is 0 Å². The molecule has 0 aromatic heterocycles. The molecule has 0 aromatic rings. The molecule has 3 fully saturated rings. The molecule has 18 heavy (non-hydrogen) atoms. The van der Waals surface area contributed by atoms with Gasteiger partial charge >= 0.3 is 0 Å². The van der Waals surface area contributed by atoms with E-state index in [4.69, 9.17) is 0 Å². The maximum Gasteiger partial charge on any atom is 0.0113 e. The SMILES string of the molecule is CCNC1CCCC1CN1CCN(C2CC2)CC1. The van der Waals surface area contributed by atoms with Gasteiger partial charge in [-0.15, -0.1) is 0 Å². The van der Waals surface area contributed by atoms with Gasteiger partial charge in [0.15, 0.2) is 0 Å². The van der Waals surface area contributed by atoms with E-state index in [0.29, 0.717) is 0 Å². The highest BCUT2D eigenvalue weighted by Gasteiger charge is 2.33. The third-order valence-corrected chi connectivity index (χ3v) is 5.09. The van der Waals surface area contributed by atoms with Crippen molar-refractivity contribution in [3.05, 3.63) is 0 Å². The van der Waals surface area contributed by atoms with Crippen molar-refractivity contribution in [1.29, 1.82) is 0 Å². The molecule has 2 unspecified atom stereocenters. The molecule has 3 nitrogen and oxygen atoms in total. The minimum absolute atomic E-state index is 0.802. The van der Waals surface area contributed by atoms with E-state index in [1.807, 2.05) is 0 Å². The zero-order chi connectivity index (χ0) is 12.4. The Bertz CT molecular complexity index is 256. The van der Waals surface area contributed by atoms with Crippen LogP contribution in [0.3, 0.4) is 0 Å². The smallest absolute Gasteiger partial charge is 0.0113 e. The quantitative estimate of drug-likeness (QED) is 0.800. The van der Waals surface area contributed by atoms with E-state index in [1.54, 1.807) is 0 Å². The van der Waals surface area contributed by atoms with Crippen molar-refractivity contribution in [3.63, 3.8) is 0 Å². The highest BCUT2D eigenvalue weighted by Crippen LogP contribution is 2.29. The molecule has 1 heterocycles. The fourth-order valence-electron chi connectivity index (χ4n) is 3.87. The van der Waals surface area contributed by atoms with Crippen LogP contribution in [0.4, 0.5) is 0 Å². The number of nitrogens with one attached hydrogen (secondary N) is 1. The Morgan fingerprint density at radius 1 is 1.00 bits per heavy atom. The second-order valence-corrected chi connectivity index (χ2v) is 6.42. The van der Waals surface area contributed by atoms with Crippen LogP contribution in [0.15, 0.2) is 0 Å². The first kappa shape index (κ1) is 12.9. The fraction of sp³-hybridized carbons (Fsp3) is 1.00. The monoisotopic (exact) mass is 251 g/mol. The first-order valence-corrected chi connectivity index (χ1v) is 8.06. The van der Waals surface area contributed by atoms with E-state index in [-0.39, 0.29) is 0 Å². The van der Waals surface area contributed by atoms with Crippen molar-refractivity contribution in [3.8, 4) is 0 Å². The molecular weight excluding hydrogens is 222 g/mol. The molecule has 0 bridgehead atoms. The third kappa shape index (κ3) is 3.06. The molecule has 3 aliphatic rings. The average molecular weight is 251 g/mol. The molecule has 1 saturated heterocycles. The van der Waals surface area contributed by atoms with Gasteiger partial charge in [-0.25, -0.2) is 0 Å². The van der Waals surface area contributed by atoms with Crippen LogP contribution in [0.1, 0.15) is 39.0 Å². The van der Waals surface area contributed by atoms with E-state index in [0.717, 1.165) is 24.5 Å². The lowest BCUT2D eigenvalue weighted by Crippen LogP contribution is -2.49. The summed E-state index contributed by atoms with van der Waals surface area (Å²) < 4.78 is 0. The van der Waals surface area contributed by atoms with E-state index in [9.17, 15) is 0 Å². The lowest BCUT2D eigenvalue weighted by Gasteiger charge is -2.37. The van der Waals surface area contributed by atoms with Crippen LogP contribution in [0.2, 0.25) is 0 Å². The maximum absolute atomic E-state index is 3.68. The molecule has 3 rings (SSSR count). The summed E-state index contributed by atoms with van der Waals surface area (Å²) in [5.74, 6) is 0.914. The van der Waals surface area contributed by atoms with E-state index < -0.39 is 0 Å². The number of hydrogen-bond donors (Lipinski definition) is 1. The lowest BCUT2D eigenvalue weighted by molar-refractivity contribution is 0.109. The molecule has 0 amide bonds. The first-order chi connectivity index (χ1) is 8.86. The summed E-state index contributed by atoms with van der Waals surface area (Å²) >= 11 is 0. The van der Waals surface area contributed by atoms with Crippen molar-refractivity contribution in [2.24, 2.45) is 5.92 Å². The van der Waals surface area contributed by atoms with Gasteiger partial charge in [0.2, 0.25) is 0 Å². The summed E-state index contributed by atoms with van der Waals surface area (Å²) in [6, 6.07) is 1.77. The molecule has 2 saturated carbocycles. The molecule has 0 aromatic carbocycles. The molecular formula is C15H29N3. The van der Waals surface area contributed by atoms with Gasteiger partial charge in [0.05, 0.1) is 0 Å². The fourth-order valence-corrected chi connectivity index (χ4v) is 3.87. The minimum Gasteiger partial charge on any atom is -0.314 e. The Kier molecular flexibility index (Phi) is 4.22. The standard InChI is InChI=1S/C15H29N3/c1-2-16-15-5-3-4-13(15)12-17-8-10-18(11-9-17)14-6-7-14/h13-16H,2-12H2,1H3. The zero-order valence-corrected chi connectivity index (χ0v) is 11.9. The van der Waals surface area contributed by atoms with Gasteiger partial charge in [0, 0.05) is 44.8 Å². The third-order valence-electron chi connectivity index (χ3n) is 5.09. The Hall–Kier alpha value is -0.120. The van der Waals surface area contributed by atoms with E-state index in [2.05, 4.69) is 22.0 Å². The normalized spacial score (nSPS) is 35.2. The van der Waals surface area contributed by atoms with Crippen LogP contribution in [-0.2, 0) is 0 Å². The van der Waals surface area contributed by atoms with Crippen molar-refractivity contribution in [2.75, 3.05) is 39.3 Å². The molecule has 0 radical (unpaired) electrons. The van der Waals surface area contributed by atoms with Crippen LogP contribution >= 0.6 is 0 Å². The largest absolute Gasteiger partial charge is 0.314 e. The predicted octanol–water partition coefficient (Wildman–Crippen LogP) is 1.54. The van der Waals surface area contributed by atoms with Gasteiger partial charge in [-0.2, -0.15) is 0 Å². The maximum atomic E-state index is 3.68. The summed E-state index contributed by atoms with van der Waals surface area (Å²) in [7, 11) is 0. The Labute approximate surface area is 112 Å². The molecule has 104 valence electrons. The summed E-state index contributed by atoms with van der Waals surface area (Å²) in [4.78, 5) is 5.44. The summed E-state index contributed by atoms with van der Waals surface area (Å²) in [5, 5.41) is 3.68. The second kappa shape index (κ2) is 5.89. The van der Waals surface area contributed by atoms with Gasteiger partial charge in [-0.05, 0) is 38.1 Å². The van der Waals surface area contributed by atoms with Gasteiger partial charge in [0.25, 0.3) is 0 Å². The van der Waals surface area contributed by atoms with Crippen LogP contribution in [0.25, 0.3) is 0 Å². The lowest BCUT2D eigenvalue weighted by atomic mass is 10.0. The molecule has 1 N–H and O–H groups in total. The van der Waals surface area contributed by atoms with Crippen molar-refractivity contribution >= 4 is 0 Å². The summed E-state index contributed by atoms with van der Waals surface area (Å²) in [6.45, 7) is 9.99.